The summed E-state index contributed by atoms with van der Waals surface area (Å²) in [5, 5.41) is 3.92. The predicted molar refractivity (Wildman–Crippen MR) is 97.3 cm³/mol. The number of halogens is 2. The Morgan fingerprint density at radius 1 is 1.16 bits per heavy atom. The van der Waals surface area contributed by atoms with Gasteiger partial charge in [0.2, 0.25) is 0 Å². The highest BCUT2D eigenvalue weighted by Crippen LogP contribution is 2.21. The lowest BCUT2D eigenvalue weighted by Gasteiger charge is -2.32. The van der Waals surface area contributed by atoms with E-state index in [1.807, 2.05) is 0 Å². The number of hydrogen-bond acceptors (Lipinski definition) is 3. The van der Waals surface area contributed by atoms with Gasteiger partial charge in [-0.1, -0.05) is 29.3 Å². The molecule has 1 N–H and O–H groups in total. The van der Waals surface area contributed by atoms with E-state index in [2.05, 4.69) is 5.32 Å². The smallest absolute Gasteiger partial charge is 0.253 e. The van der Waals surface area contributed by atoms with Gasteiger partial charge in [-0.15, -0.1) is 0 Å². The second kappa shape index (κ2) is 7.87. The van der Waals surface area contributed by atoms with E-state index in [0.717, 1.165) is 5.69 Å². The molecule has 1 saturated heterocycles. The third-order valence-corrected chi connectivity index (χ3v) is 4.33. The molecular weight excluding hydrogens is 363 g/mol. The van der Waals surface area contributed by atoms with Crippen LogP contribution in [-0.4, -0.2) is 37.6 Å². The Hall–Kier alpha value is -2.08. The lowest BCUT2D eigenvalue weighted by molar-refractivity contribution is -0.129. The highest BCUT2D eigenvalue weighted by Gasteiger charge is 2.27. The maximum absolute atomic E-state index is 12.2. The van der Waals surface area contributed by atoms with Crippen molar-refractivity contribution in [3.8, 4) is 0 Å². The monoisotopic (exact) mass is 378 g/mol. The number of rotatable bonds is 4. The molecule has 1 atom stereocenters. The summed E-state index contributed by atoms with van der Waals surface area (Å²) in [6.45, 7) is 0.624. The topological polar surface area (TPSA) is 58.6 Å². The number of amides is 2. The number of benzene rings is 2. The Kier molecular flexibility index (Phi) is 5.58. The van der Waals surface area contributed by atoms with Crippen molar-refractivity contribution in [1.82, 2.24) is 5.32 Å². The summed E-state index contributed by atoms with van der Waals surface area (Å²) in [7, 11) is 0. The van der Waals surface area contributed by atoms with E-state index < -0.39 is 0 Å². The first-order valence-electron chi connectivity index (χ1n) is 7.74. The van der Waals surface area contributed by atoms with Crippen molar-refractivity contribution >= 4 is 40.7 Å². The average molecular weight is 379 g/mol. The number of carbonyl (C=O) groups is 2. The Balaban J connectivity index is 1.61. The predicted octanol–water partition coefficient (Wildman–Crippen LogP) is 3.16. The Bertz CT molecular complexity index is 780. The summed E-state index contributed by atoms with van der Waals surface area (Å²) in [6, 6.07) is 13.7. The molecule has 2 aromatic carbocycles. The van der Waals surface area contributed by atoms with Gasteiger partial charge in [0.15, 0.2) is 0 Å². The third-order valence-electron chi connectivity index (χ3n) is 3.85. The minimum absolute atomic E-state index is 0.0275. The van der Waals surface area contributed by atoms with Crippen molar-refractivity contribution in [3.63, 3.8) is 0 Å². The van der Waals surface area contributed by atoms with Crippen LogP contribution < -0.4 is 10.2 Å². The van der Waals surface area contributed by atoms with E-state index in [1.165, 1.54) is 0 Å². The van der Waals surface area contributed by atoms with E-state index in [1.54, 1.807) is 53.4 Å². The van der Waals surface area contributed by atoms with Gasteiger partial charge in [-0.05, 0) is 42.5 Å². The molecule has 1 aliphatic heterocycles. The molecule has 1 heterocycles. The van der Waals surface area contributed by atoms with Gasteiger partial charge in [0.1, 0.15) is 6.61 Å². The van der Waals surface area contributed by atoms with Gasteiger partial charge in [0.25, 0.3) is 11.8 Å². The second-order valence-corrected chi connectivity index (χ2v) is 6.51. The summed E-state index contributed by atoms with van der Waals surface area (Å²) in [6.07, 6.45) is -0.295. The van der Waals surface area contributed by atoms with Gasteiger partial charge in [0.05, 0.1) is 12.6 Å². The zero-order chi connectivity index (χ0) is 17.8. The number of ether oxygens (including phenoxy) is 1. The maximum Gasteiger partial charge on any atom is 0.253 e. The minimum atomic E-state index is -0.295. The zero-order valence-electron chi connectivity index (χ0n) is 13.2. The molecule has 1 aliphatic rings. The fourth-order valence-corrected chi connectivity index (χ4v) is 2.87. The van der Waals surface area contributed by atoms with Crippen molar-refractivity contribution in [2.45, 2.75) is 6.10 Å². The number of nitrogens with one attached hydrogen (secondary N) is 1. The van der Waals surface area contributed by atoms with Crippen molar-refractivity contribution in [3.05, 3.63) is 64.1 Å². The molecule has 5 nitrogen and oxygen atoms in total. The van der Waals surface area contributed by atoms with Crippen LogP contribution in [0.3, 0.4) is 0 Å². The largest absolute Gasteiger partial charge is 0.365 e. The molecule has 0 aliphatic carbocycles. The molecule has 0 bridgehead atoms. The van der Waals surface area contributed by atoms with Crippen molar-refractivity contribution in [2.75, 3.05) is 24.6 Å². The molecule has 1 fully saturated rings. The maximum atomic E-state index is 12.2. The van der Waals surface area contributed by atoms with Crippen LogP contribution in [0.15, 0.2) is 48.5 Å². The number of morpholine rings is 1. The average Bonchev–Trinajstić information content (AvgIpc) is 2.61. The van der Waals surface area contributed by atoms with Crippen LogP contribution in [0.5, 0.6) is 0 Å². The summed E-state index contributed by atoms with van der Waals surface area (Å²) in [4.78, 5) is 25.9. The summed E-state index contributed by atoms with van der Waals surface area (Å²) >= 11 is 11.8. The molecule has 25 heavy (non-hydrogen) atoms. The number of nitrogens with zero attached hydrogens (tertiary/aromatic N) is 1. The Morgan fingerprint density at radius 3 is 2.64 bits per heavy atom. The van der Waals surface area contributed by atoms with E-state index in [0.29, 0.717) is 28.7 Å². The quantitative estimate of drug-likeness (QED) is 0.888. The molecule has 0 aromatic heterocycles. The molecule has 7 heteroatoms. The summed E-state index contributed by atoms with van der Waals surface area (Å²) < 4.78 is 5.52. The summed E-state index contributed by atoms with van der Waals surface area (Å²) in [5.41, 5.74) is 1.23. The lowest BCUT2D eigenvalue weighted by atomic mass is 10.2. The standard InChI is InChI=1S/C18H16Cl2N2O3/c19-13-4-6-15(7-5-13)22-10-16(25-11-17(22)23)9-21-18(24)12-2-1-3-14(20)8-12/h1-8,16H,9-11H2,(H,21,24). The minimum Gasteiger partial charge on any atom is -0.365 e. The molecule has 0 saturated carbocycles. The van der Waals surface area contributed by atoms with Gasteiger partial charge in [0, 0.05) is 27.8 Å². The van der Waals surface area contributed by atoms with Gasteiger partial charge in [-0.3, -0.25) is 9.59 Å². The normalized spacial score (nSPS) is 17.4. The zero-order valence-corrected chi connectivity index (χ0v) is 14.8. The third kappa shape index (κ3) is 4.51. The van der Waals surface area contributed by atoms with Gasteiger partial charge >= 0.3 is 0 Å². The molecule has 2 aromatic rings. The molecule has 1 unspecified atom stereocenters. The van der Waals surface area contributed by atoms with Crippen LogP contribution in [0.1, 0.15) is 10.4 Å². The van der Waals surface area contributed by atoms with Crippen LogP contribution in [0.4, 0.5) is 5.69 Å². The van der Waals surface area contributed by atoms with Crippen LogP contribution in [0.2, 0.25) is 10.0 Å². The summed E-state index contributed by atoms with van der Waals surface area (Å²) in [5.74, 6) is -0.360. The first-order valence-corrected chi connectivity index (χ1v) is 8.50. The molecule has 0 radical (unpaired) electrons. The van der Waals surface area contributed by atoms with E-state index in [9.17, 15) is 9.59 Å². The van der Waals surface area contributed by atoms with Crippen molar-refractivity contribution < 1.29 is 14.3 Å². The Morgan fingerprint density at radius 2 is 1.92 bits per heavy atom. The molecule has 130 valence electrons. The molecular formula is C18H16Cl2N2O3. The molecule has 3 rings (SSSR count). The first-order chi connectivity index (χ1) is 12.0. The highest BCUT2D eigenvalue weighted by molar-refractivity contribution is 6.31. The fraction of sp³-hybridized carbons (Fsp3) is 0.222. The first kappa shape index (κ1) is 17.7. The van der Waals surface area contributed by atoms with Crippen LogP contribution in [0.25, 0.3) is 0 Å². The number of hydrogen-bond donors (Lipinski definition) is 1. The van der Waals surface area contributed by atoms with Crippen LogP contribution in [-0.2, 0) is 9.53 Å². The van der Waals surface area contributed by atoms with Crippen molar-refractivity contribution in [1.29, 1.82) is 0 Å². The van der Waals surface area contributed by atoms with Gasteiger partial charge < -0.3 is 15.0 Å². The van der Waals surface area contributed by atoms with E-state index in [4.69, 9.17) is 27.9 Å². The Labute approximate surface area is 155 Å². The van der Waals surface area contributed by atoms with Gasteiger partial charge in [-0.2, -0.15) is 0 Å². The lowest BCUT2D eigenvalue weighted by Crippen LogP contribution is -2.50. The second-order valence-electron chi connectivity index (χ2n) is 5.63. The van der Waals surface area contributed by atoms with Crippen molar-refractivity contribution in [2.24, 2.45) is 0 Å². The van der Waals surface area contributed by atoms with Crippen LogP contribution >= 0.6 is 23.2 Å². The van der Waals surface area contributed by atoms with E-state index in [-0.39, 0.29) is 24.5 Å². The number of carbonyl (C=O) groups excluding carboxylic acids is 2. The van der Waals surface area contributed by atoms with Gasteiger partial charge in [-0.25, -0.2) is 0 Å². The SMILES string of the molecule is O=C(NCC1CN(c2ccc(Cl)cc2)C(=O)CO1)c1cccc(Cl)c1. The molecule has 0 spiro atoms. The number of anilines is 1. The fourth-order valence-electron chi connectivity index (χ4n) is 2.56. The van der Waals surface area contributed by atoms with E-state index >= 15 is 0 Å². The van der Waals surface area contributed by atoms with Crippen LogP contribution in [0, 0.1) is 0 Å². The molecule has 2 amide bonds. The highest BCUT2D eigenvalue weighted by atomic mass is 35.5.